The Balaban J connectivity index is 0.000000438. The molecule has 6 nitrogen and oxygen atoms in total. The van der Waals surface area contributed by atoms with Gasteiger partial charge in [0.1, 0.15) is 29.4 Å². The van der Waals surface area contributed by atoms with Crippen molar-refractivity contribution in [1.29, 1.82) is 0 Å². The minimum Gasteiger partial charge on any atom is -0.458 e. The summed E-state index contributed by atoms with van der Waals surface area (Å²) in [7, 11) is 0. The smallest absolute Gasteiger partial charge is 0.389 e. The number of Topliss-reactive ketones (excluding diaryl/α,β-unsaturated/α-hetero) is 3. The molecule has 63 heavy (non-hydrogen) atoms. The van der Waals surface area contributed by atoms with E-state index in [0.717, 1.165) is 23.6 Å². The number of esters is 1. The van der Waals surface area contributed by atoms with Crippen LogP contribution in [0.3, 0.4) is 0 Å². The van der Waals surface area contributed by atoms with Crippen LogP contribution in [0.5, 0.6) is 0 Å². The van der Waals surface area contributed by atoms with Crippen LogP contribution in [0.1, 0.15) is 107 Å². The first kappa shape index (κ1) is 56.3. The van der Waals surface area contributed by atoms with E-state index in [1.807, 2.05) is 91.0 Å². The SMILES string of the molecule is CC(=O)CCC(F)(F)F.O=C(CCc1ccccc1)CCC(F)(F)F.O=C1CC(=O)OC(CCc2ccccc2)(CCC(F)(F)F)C1.OC(CCc1ccccc1)CCC(F)(F)F. The molecule has 0 radical (unpaired) electrons. The Bertz CT molecular complexity index is 1740. The fraction of sp³-hybridized carbons (Fsp3) is 0.511. The molecule has 0 aliphatic carbocycles. The molecule has 1 aliphatic heterocycles. The van der Waals surface area contributed by atoms with Crippen molar-refractivity contribution in [2.45, 2.75) is 146 Å². The van der Waals surface area contributed by atoms with E-state index >= 15 is 0 Å². The van der Waals surface area contributed by atoms with Gasteiger partial charge in [-0.2, -0.15) is 52.7 Å². The van der Waals surface area contributed by atoms with Crippen LogP contribution in [0.15, 0.2) is 91.0 Å². The maximum atomic E-state index is 12.5. The third-order valence-corrected chi connectivity index (χ3v) is 9.12. The Labute approximate surface area is 358 Å². The van der Waals surface area contributed by atoms with Gasteiger partial charge in [-0.3, -0.25) is 14.4 Å². The largest absolute Gasteiger partial charge is 0.458 e. The summed E-state index contributed by atoms with van der Waals surface area (Å²) < 4.78 is 148. The monoisotopic (exact) mass is 916 g/mol. The highest BCUT2D eigenvalue weighted by Crippen LogP contribution is 2.37. The number of carbonyl (C=O) groups excluding carboxylic acids is 4. The molecule has 18 heteroatoms. The number of rotatable bonds is 17. The average Bonchev–Trinajstić information content (AvgIpc) is 3.19. The summed E-state index contributed by atoms with van der Waals surface area (Å²) in [5, 5.41) is 9.37. The van der Waals surface area contributed by atoms with E-state index in [4.69, 9.17) is 4.74 Å². The number of alkyl halides is 12. The minimum atomic E-state index is -4.34. The summed E-state index contributed by atoms with van der Waals surface area (Å²) in [5.41, 5.74) is 1.61. The number of ketones is 3. The number of halogens is 12. The van der Waals surface area contributed by atoms with E-state index in [0.29, 0.717) is 25.7 Å². The van der Waals surface area contributed by atoms with Gasteiger partial charge in [0.25, 0.3) is 0 Å². The Kier molecular flexibility index (Phi) is 24.5. The molecule has 1 heterocycles. The normalized spacial score (nSPS) is 15.9. The second-order valence-electron chi connectivity index (χ2n) is 14.9. The topological polar surface area (TPSA) is 97.7 Å². The van der Waals surface area contributed by atoms with Crippen LogP contribution in [0.25, 0.3) is 0 Å². The third kappa shape index (κ3) is 31.7. The van der Waals surface area contributed by atoms with Crippen molar-refractivity contribution in [3.05, 3.63) is 108 Å². The predicted molar refractivity (Wildman–Crippen MR) is 210 cm³/mol. The fourth-order valence-electron chi connectivity index (χ4n) is 5.79. The first-order chi connectivity index (χ1) is 29.1. The van der Waals surface area contributed by atoms with Gasteiger partial charge in [-0.1, -0.05) is 91.0 Å². The number of aryl methyl sites for hydroxylation is 3. The fourth-order valence-corrected chi connectivity index (χ4v) is 5.79. The zero-order valence-corrected chi connectivity index (χ0v) is 34.6. The second kappa shape index (κ2) is 27.4. The van der Waals surface area contributed by atoms with Gasteiger partial charge in [0.05, 0.1) is 18.9 Å². The Morgan fingerprint density at radius 2 is 1.00 bits per heavy atom. The summed E-state index contributed by atoms with van der Waals surface area (Å²) in [4.78, 5) is 44.3. The van der Waals surface area contributed by atoms with Gasteiger partial charge in [-0.05, 0) is 68.6 Å². The lowest BCUT2D eigenvalue weighted by Crippen LogP contribution is -2.43. The highest BCUT2D eigenvalue weighted by molar-refractivity contribution is 5.98. The number of ether oxygens (including phenoxy) is 1. The van der Waals surface area contributed by atoms with E-state index in [1.54, 1.807) is 0 Å². The molecular weight excluding hydrogens is 864 g/mol. The molecule has 0 amide bonds. The van der Waals surface area contributed by atoms with Crippen molar-refractivity contribution < 1.29 is 81.7 Å². The van der Waals surface area contributed by atoms with Crippen LogP contribution in [0.2, 0.25) is 0 Å². The number of hydrogen-bond acceptors (Lipinski definition) is 6. The molecule has 2 atom stereocenters. The van der Waals surface area contributed by atoms with Crippen LogP contribution >= 0.6 is 0 Å². The van der Waals surface area contributed by atoms with Crippen molar-refractivity contribution in [2.24, 2.45) is 0 Å². The molecule has 0 spiro atoms. The highest BCUT2D eigenvalue weighted by atomic mass is 19.4. The van der Waals surface area contributed by atoms with E-state index in [-0.39, 0.29) is 50.1 Å². The first-order valence-electron chi connectivity index (χ1n) is 20.0. The molecule has 352 valence electrons. The molecule has 1 fully saturated rings. The lowest BCUT2D eigenvalue weighted by molar-refractivity contribution is -0.182. The maximum absolute atomic E-state index is 12.5. The Morgan fingerprint density at radius 1 is 0.571 bits per heavy atom. The van der Waals surface area contributed by atoms with E-state index in [2.05, 4.69) is 0 Å². The molecule has 4 rings (SSSR count). The van der Waals surface area contributed by atoms with Gasteiger partial charge in [0.15, 0.2) is 0 Å². The number of cyclic esters (lactones) is 1. The van der Waals surface area contributed by atoms with Crippen molar-refractivity contribution in [1.82, 2.24) is 0 Å². The van der Waals surface area contributed by atoms with Crippen LogP contribution in [-0.2, 0) is 43.2 Å². The summed E-state index contributed by atoms with van der Waals surface area (Å²) in [6, 6.07) is 27.9. The predicted octanol–water partition coefficient (Wildman–Crippen LogP) is 12.4. The molecule has 1 saturated heterocycles. The molecule has 3 aromatic carbocycles. The zero-order valence-electron chi connectivity index (χ0n) is 34.6. The molecular formula is C45H52F12O6. The van der Waals surface area contributed by atoms with Gasteiger partial charge in [0, 0.05) is 38.5 Å². The van der Waals surface area contributed by atoms with E-state index < -0.39 is 86.7 Å². The molecule has 2 unspecified atom stereocenters. The van der Waals surface area contributed by atoms with Crippen molar-refractivity contribution >= 4 is 23.3 Å². The summed E-state index contributed by atoms with van der Waals surface area (Å²) in [5.74, 6) is -1.84. The summed E-state index contributed by atoms with van der Waals surface area (Å²) in [6.45, 7) is 1.14. The van der Waals surface area contributed by atoms with E-state index in [9.17, 15) is 77.0 Å². The molecule has 1 aliphatic rings. The average molecular weight is 917 g/mol. The van der Waals surface area contributed by atoms with E-state index in [1.165, 1.54) is 0 Å². The lowest BCUT2D eigenvalue weighted by atomic mass is 9.83. The molecule has 0 saturated carbocycles. The number of hydrogen-bond donors (Lipinski definition) is 1. The Hall–Kier alpha value is -4.74. The third-order valence-electron chi connectivity index (χ3n) is 9.12. The lowest BCUT2D eigenvalue weighted by Gasteiger charge is -2.36. The second-order valence-corrected chi connectivity index (χ2v) is 14.9. The summed E-state index contributed by atoms with van der Waals surface area (Å²) in [6.07, 6.45) is -21.3. The number of aliphatic hydroxyl groups excluding tert-OH is 1. The van der Waals surface area contributed by atoms with Gasteiger partial charge in [0.2, 0.25) is 0 Å². The Morgan fingerprint density at radius 3 is 1.41 bits per heavy atom. The highest BCUT2D eigenvalue weighted by Gasteiger charge is 2.43. The van der Waals surface area contributed by atoms with Crippen LogP contribution in [-0.4, -0.2) is 64.8 Å². The molecule has 1 N–H and O–H groups in total. The van der Waals surface area contributed by atoms with Crippen LogP contribution in [0.4, 0.5) is 52.7 Å². The summed E-state index contributed by atoms with van der Waals surface area (Å²) >= 11 is 0. The quantitative estimate of drug-likeness (QED) is 0.0823. The number of benzene rings is 3. The van der Waals surface area contributed by atoms with Crippen molar-refractivity contribution in [3.8, 4) is 0 Å². The van der Waals surface area contributed by atoms with Crippen LogP contribution < -0.4 is 0 Å². The zero-order chi connectivity index (χ0) is 47.7. The molecule has 0 aromatic heterocycles. The molecule has 3 aromatic rings. The first-order valence-corrected chi connectivity index (χ1v) is 20.0. The van der Waals surface area contributed by atoms with Crippen LogP contribution in [0, 0.1) is 0 Å². The standard InChI is InChI=1S/C16H17F3O3.C12H15F3O.C12H13F3O.C5H7F3O/c17-16(18,19)9-8-15(11-13(20)10-14(21)22-15)7-6-12-4-2-1-3-5-12;2*13-12(14,15)9-8-11(16)7-6-10-4-2-1-3-5-10;1-4(9)2-3-5(6,7)8/h1-5H,6-11H2;1-5,11,16H,6-9H2;1-5H,6-9H2;2-3H2,1H3. The van der Waals surface area contributed by atoms with Gasteiger partial charge in [-0.25, -0.2) is 0 Å². The maximum Gasteiger partial charge on any atom is 0.389 e. The minimum absolute atomic E-state index is 0.137. The van der Waals surface area contributed by atoms with Crippen molar-refractivity contribution in [2.75, 3.05) is 0 Å². The van der Waals surface area contributed by atoms with Gasteiger partial charge in [-0.15, -0.1) is 0 Å². The van der Waals surface area contributed by atoms with Gasteiger partial charge >= 0.3 is 30.7 Å². The number of carbonyl (C=O) groups is 4. The van der Waals surface area contributed by atoms with Gasteiger partial charge < -0.3 is 14.6 Å². The number of aliphatic hydroxyl groups is 1. The van der Waals surface area contributed by atoms with Crippen molar-refractivity contribution in [3.63, 3.8) is 0 Å². The molecule has 0 bridgehead atoms.